The first-order valence-corrected chi connectivity index (χ1v) is 9.12. The Kier molecular flexibility index (Phi) is 4.61. The van der Waals surface area contributed by atoms with Crippen LogP contribution in [0.25, 0.3) is 10.9 Å². The molecule has 1 aliphatic rings. The number of nitrogens with zero attached hydrogens (tertiary/aromatic N) is 5. The van der Waals surface area contributed by atoms with Crippen LogP contribution >= 0.6 is 11.6 Å². The molecule has 138 valence electrons. The normalized spacial score (nSPS) is 14.3. The van der Waals surface area contributed by atoms with Gasteiger partial charge in [0.1, 0.15) is 0 Å². The van der Waals surface area contributed by atoms with E-state index in [1.807, 2.05) is 18.2 Å². The van der Waals surface area contributed by atoms with E-state index in [0.29, 0.717) is 29.8 Å². The van der Waals surface area contributed by atoms with E-state index in [4.69, 9.17) is 11.6 Å². The molecule has 0 radical (unpaired) electrons. The number of hydrogen-bond acceptors (Lipinski definition) is 5. The van der Waals surface area contributed by atoms with E-state index >= 15 is 0 Å². The van der Waals surface area contributed by atoms with Gasteiger partial charge in [-0.1, -0.05) is 11.6 Å². The Bertz CT molecular complexity index is 1160. The number of aromatic nitrogens is 3. The summed E-state index contributed by atoms with van der Waals surface area (Å²) in [7, 11) is 1.47. The number of pyridine rings is 1. The summed E-state index contributed by atoms with van der Waals surface area (Å²) in [6.45, 7) is 0.862. The minimum Gasteiger partial charge on any atom is -0.276 e. The van der Waals surface area contributed by atoms with E-state index in [-0.39, 0.29) is 11.2 Å². The summed E-state index contributed by atoms with van der Waals surface area (Å²) >= 11 is 6.09. The Morgan fingerprint density at radius 1 is 1.22 bits per heavy atom. The van der Waals surface area contributed by atoms with Gasteiger partial charge in [0.2, 0.25) is 0 Å². The minimum absolute atomic E-state index is 0.298. The Morgan fingerprint density at radius 2 is 2.04 bits per heavy atom. The van der Waals surface area contributed by atoms with Crippen molar-refractivity contribution in [1.82, 2.24) is 14.1 Å². The highest BCUT2D eigenvalue weighted by Crippen LogP contribution is 2.31. The molecular formula is C19H18ClN5O2. The third-order valence-corrected chi connectivity index (χ3v) is 4.96. The van der Waals surface area contributed by atoms with E-state index in [9.17, 15) is 9.59 Å². The first kappa shape index (κ1) is 17.6. The van der Waals surface area contributed by atoms with Crippen molar-refractivity contribution in [2.24, 2.45) is 23.2 Å². The van der Waals surface area contributed by atoms with Crippen LogP contribution in [0.4, 0.5) is 5.82 Å². The highest BCUT2D eigenvalue weighted by molar-refractivity contribution is 6.31. The fourth-order valence-electron chi connectivity index (χ4n) is 2.97. The second-order valence-electron chi connectivity index (χ2n) is 6.77. The summed E-state index contributed by atoms with van der Waals surface area (Å²) in [5.74, 6) is 0.770. The van der Waals surface area contributed by atoms with Gasteiger partial charge in [-0.25, -0.2) is 4.79 Å². The van der Waals surface area contributed by atoms with Crippen LogP contribution in [0.1, 0.15) is 18.4 Å². The van der Waals surface area contributed by atoms with Crippen molar-refractivity contribution in [2.75, 3.05) is 0 Å². The van der Waals surface area contributed by atoms with Gasteiger partial charge >= 0.3 is 5.69 Å². The van der Waals surface area contributed by atoms with Crippen molar-refractivity contribution in [2.45, 2.75) is 25.9 Å². The van der Waals surface area contributed by atoms with E-state index in [0.717, 1.165) is 33.9 Å². The number of azo groups is 1. The molecule has 0 N–H and O–H groups in total. The van der Waals surface area contributed by atoms with Gasteiger partial charge in [-0.3, -0.25) is 18.9 Å². The lowest BCUT2D eigenvalue weighted by Gasteiger charge is -2.09. The fraction of sp³-hybridized carbons (Fsp3) is 0.316. The number of benzene rings is 1. The largest absolute Gasteiger partial charge is 0.332 e. The number of hydrogen-bond donors (Lipinski definition) is 0. The number of rotatable bonds is 5. The van der Waals surface area contributed by atoms with Crippen LogP contribution in [-0.2, 0) is 20.1 Å². The third kappa shape index (κ3) is 3.68. The van der Waals surface area contributed by atoms with Gasteiger partial charge < -0.3 is 0 Å². The van der Waals surface area contributed by atoms with E-state index in [2.05, 4.69) is 15.2 Å². The van der Waals surface area contributed by atoms with Gasteiger partial charge in [0.15, 0.2) is 5.82 Å². The molecule has 2 heterocycles. The quantitative estimate of drug-likeness (QED) is 0.633. The summed E-state index contributed by atoms with van der Waals surface area (Å²) in [6.07, 6.45) is 3.90. The molecule has 0 atom stereocenters. The lowest BCUT2D eigenvalue weighted by atomic mass is 10.1. The molecule has 0 bridgehead atoms. The first-order chi connectivity index (χ1) is 13.0. The molecule has 7 nitrogen and oxygen atoms in total. The summed E-state index contributed by atoms with van der Waals surface area (Å²) < 4.78 is 2.63. The topological polar surface area (TPSA) is 81.6 Å². The van der Waals surface area contributed by atoms with Gasteiger partial charge in [0.25, 0.3) is 5.56 Å². The molecule has 0 spiro atoms. The molecule has 8 heteroatoms. The zero-order valence-corrected chi connectivity index (χ0v) is 15.6. The average Bonchev–Trinajstić information content (AvgIpc) is 3.47. The Morgan fingerprint density at radius 3 is 2.81 bits per heavy atom. The molecule has 1 aliphatic carbocycles. The van der Waals surface area contributed by atoms with Crippen molar-refractivity contribution in [3.8, 4) is 0 Å². The zero-order valence-electron chi connectivity index (χ0n) is 14.8. The van der Waals surface area contributed by atoms with Crippen LogP contribution in [0.15, 0.2) is 56.3 Å². The Hall–Kier alpha value is -2.80. The van der Waals surface area contributed by atoms with Gasteiger partial charge in [-0.2, -0.15) is 5.11 Å². The van der Waals surface area contributed by atoms with Crippen molar-refractivity contribution in [3.63, 3.8) is 0 Å². The predicted molar refractivity (Wildman–Crippen MR) is 104 cm³/mol. The molecule has 1 aromatic carbocycles. The smallest absolute Gasteiger partial charge is 0.276 e. The van der Waals surface area contributed by atoms with E-state index in [1.54, 1.807) is 12.3 Å². The molecule has 0 amide bonds. The standard InChI is InChI=1S/C19H18ClN5O2/c1-24-18(26)9-17(25(19(24)27)11-12-2-3-12)23-22-10-13-6-7-21-16-5-4-14(20)8-15(13)16/h4-9,12H,2-3,10-11H2,1H3. The first-order valence-electron chi connectivity index (χ1n) is 8.74. The van der Waals surface area contributed by atoms with Crippen LogP contribution in [0, 0.1) is 5.92 Å². The lowest BCUT2D eigenvalue weighted by Crippen LogP contribution is -2.37. The fourth-order valence-corrected chi connectivity index (χ4v) is 3.14. The molecule has 4 rings (SSSR count). The van der Waals surface area contributed by atoms with Crippen molar-refractivity contribution in [3.05, 3.63) is 68.0 Å². The second kappa shape index (κ2) is 7.08. The lowest BCUT2D eigenvalue weighted by molar-refractivity contribution is 0.560. The van der Waals surface area contributed by atoms with Gasteiger partial charge in [-0.15, -0.1) is 5.11 Å². The minimum atomic E-state index is -0.387. The van der Waals surface area contributed by atoms with Crippen LogP contribution in [0.2, 0.25) is 5.02 Å². The van der Waals surface area contributed by atoms with Crippen LogP contribution < -0.4 is 11.2 Å². The SMILES string of the molecule is Cn1c(=O)cc(N=NCc2ccnc3ccc(Cl)cc23)n(CC2CC2)c1=O. The van der Waals surface area contributed by atoms with Crippen molar-refractivity contribution < 1.29 is 0 Å². The molecule has 1 fully saturated rings. The molecule has 27 heavy (non-hydrogen) atoms. The summed E-state index contributed by atoms with van der Waals surface area (Å²) in [5, 5.41) is 9.96. The van der Waals surface area contributed by atoms with Gasteiger partial charge in [0.05, 0.1) is 12.1 Å². The average molecular weight is 384 g/mol. The van der Waals surface area contributed by atoms with Gasteiger partial charge in [0, 0.05) is 36.3 Å². The maximum atomic E-state index is 12.4. The highest BCUT2D eigenvalue weighted by atomic mass is 35.5. The van der Waals surface area contributed by atoms with Gasteiger partial charge in [-0.05, 0) is 48.6 Å². The maximum absolute atomic E-state index is 12.4. The van der Waals surface area contributed by atoms with Crippen LogP contribution in [0.3, 0.4) is 0 Å². The second-order valence-corrected chi connectivity index (χ2v) is 7.20. The van der Waals surface area contributed by atoms with Crippen molar-refractivity contribution >= 4 is 28.3 Å². The summed E-state index contributed by atoms with van der Waals surface area (Å²) in [6, 6.07) is 8.70. The monoisotopic (exact) mass is 383 g/mol. The van der Waals surface area contributed by atoms with Crippen molar-refractivity contribution in [1.29, 1.82) is 0 Å². The molecule has 3 aromatic rings. The van der Waals surface area contributed by atoms with E-state index < -0.39 is 0 Å². The molecule has 0 saturated heterocycles. The highest BCUT2D eigenvalue weighted by Gasteiger charge is 2.24. The summed E-state index contributed by atoms with van der Waals surface area (Å²) in [4.78, 5) is 28.7. The van der Waals surface area contributed by atoms with Crippen LogP contribution in [-0.4, -0.2) is 14.1 Å². The van der Waals surface area contributed by atoms with E-state index in [1.165, 1.54) is 17.7 Å². The molecule has 2 aromatic heterocycles. The zero-order chi connectivity index (χ0) is 19.0. The molecular weight excluding hydrogens is 366 g/mol. The predicted octanol–water partition coefficient (Wildman–Crippen LogP) is 3.44. The summed E-state index contributed by atoms with van der Waals surface area (Å²) in [5.41, 5.74) is 1.00. The van der Waals surface area contributed by atoms with Crippen LogP contribution in [0.5, 0.6) is 0 Å². The maximum Gasteiger partial charge on any atom is 0.332 e. The third-order valence-electron chi connectivity index (χ3n) is 4.72. The number of halogens is 1. The number of fused-ring (bicyclic) bond motifs is 1. The molecule has 1 saturated carbocycles. The molecule has 0 aliphatic heterocycles. The Labute approximate surface area is 160 Å². The Balaban J connectivity index is 1.67. The molecule has 0 unspecified atom stereocenters.